The Morgan fingerprint density at radius 3 is 1.77 bits per heavy atom. The SMILES string of the molecule is CC[C@H](NC(=O)C(c1ccccc1)c1ccccc1)C(N)=O. The van der Waals surface area contributed by atoms with Crippen LogP contribution < -0.4 is 11.1 Å². The van der Waals surface area contributed by atoms with Gasteiger partial charge in [0.15, 0.2) is 0 Å². The number of carbonyl (C=O) groups is 2. The predicted octanol–water partition coefficient (Wildman–Crippen LogP) is 2.20. The molecule has 2 aromatic rings. The molecule has 114 valence electrons. The van der Waals surface area contributed by atoms with Gasteiger partial charge in [0.1, 0.15) is 6.04 Å². The largest absolute Gasteiger partial charge is 0.368 e. The van der Waals surface area contributed by atoms with E-state index in [1.165, 1.54) is 0 Å². The van der Waals surface area contributed by atoms with Crippen LogP contribution in [-0.2, 0) is 9.59 Å². The summed E-state index contributed by atoms with van der Waals surface area (Å²) in [5.74, 6) is -1.20. The lowest BCUT2D eigenvalue weighted by Gasteiger charge is -2.21. The van der Waals surface area contributed by atoms with Crippen LogP contribution >= 0.6 is 0 Å². The maximum absolute atomic E-state index is 12.7. The highest BCUT2D eigenvalue weighted by Gasteiger charge is 2.25. The molecule has 0 aliphatic carbocycles. The third kappa shape index (κ3) is 3.73. The highest BCUT2D eigenvalue weighted by Crippen LogP contribution is 2.24. The fourth-order valence-corrected chi connectivity index (χ4v) is 2.42. The topological polar surface area (TPSA) is 72.2 Å². The van der Waals surface area contributed by atoms with Crippen LogP contribution in [0.1, 0.15) is 30.4 Å². The van der Waals surface area contributed by atoms with Crippen molar-refractivity contribution in [3.05, 3.63) is 71.8 Å². The number of nitrogens with two attached hydrogens (primary N) is 1. The molecular formula is C18H20N2O2. The minimum Gasteiger partial charge on any atom is -0.368 e. The Kier molecular flexibility index (Phi) is 5.31. The Morgan fingerprint density at radius 1 is 0.955 bits per heavy atom. The van der Waals surface area contributed by atoms with E-state index in [1.807, 2.05) is 67.6 Å². The molecule has 0 spiro atoms. The summed E-state index contributed by atoms with van der Waals surface area (Å²) in [6.07, 6.45) is 0.470. The molecule has 0 fully saturated rings. The molecular weight excluding hydrogens is 276 g/mol. The van der Waals surface area contributed by atoms with Crippen LogP contribution in [0.4, 0.5) is 0 Å². The molecule has 0 radical (unpaired) electrons. The molecule has 0 saturated carbocycles. The normalized spacial score (nSPS) is 11.9. The minimum atomic E-state index is -0.651. The first-order valence-electron chi connectivity index (χ1n) is 7.33. The molecule has 0 saturated heterocycles. The second kappa shape index (κ2) is 7.41. The van der Waals surface area contributed by atoms with Gasteiger partial charge in [-0.15, -0.1) is 0 Å². The van der Waals surface area contributed by atoms with E-state index < -0.39 is 17.9 Å². The van der Waals surface area contributed by atoms with Gasteiger partial charge in [0.2, 0.25) is 11.8 Å². The molecule has 0 bridgehead atoms. The fraction of sp³-hybridized carbons (Fsp3) is 0.222. The number of carbonyl (C=O) groups excluding carboxylic acids is 2. The fourth-order valence-electron chi connectivity index (χ4n) is 2.42. The van der Waals surface area contributed by atoms with Crippen LogP contribution in [0.15, 0.2) is 60.7 Å². The van der Waals surface area contributed by atoms with Gasteiger partial charge in [0.25, 0.3) is 0 Å². The predicted molar refractivity (Wildman–Crippen MR) is 86.1 cm³/mol. The Labute approximate surface area is 130 Å². The minimum absolute atomic E-state index is 0.219. The summed E-state index contributed by atoms with van der Waals surface area (Å²) < 4.78 is 0. The molecule has 22 heavy (non-hydrogen) atoms. The lowest BCUT2D eigenvalue weighted by molar-refractivity contribution is -0.127. The van der Waals surface area contributed by atoms with E-state index in [0.29, 0.717) is 6.42 Å². The average molecular weight is 296 g/mol. The van der Waals surface area contributed by atoms with Gasteiger partial charge >= 0.3 is 0 Å². The first kappa shape index (κ1) is 15.8. The second-order valence-electron chi connectivity index (χ2n) is 5.13. The van der Waals surface area contributed by atoms with Crippen molar-refractivity contribution in [3.63, 3.8) is 0 Å². The monoisotopic (exact) mass is 296 g/mol. The van der Waals surface area contributed by atoms with Gasteiger partial charge in [-0.05, 0) is 17.5 Å². The number of primary amides is 1. The summed E-state index contributed by atoms with van der Waals surface area (Å²) in [4.78, 5) is 24.1. The van der Waals surface area contributed by atoms with Gasteiger partial charge in [0.05, 0.1) is 5.92 Å². The average Bonchev–Trinajstić information content (AvgIpc) is 2.54. The Bertz CT molecular complexity index is 587. The zero-order valence-electron chi connectivity index (χ0n) is 12.5. The van der Waals surface area contributed by atoms with Crippen LogP contribution in [0.3, 0.4) is 0 Å². The molecule has 0 heterocycles. The second-order valence-corrected chi connectivity index (χ2v) is 5.13. The van der Waals surface area contributed by atoms with Crippen molar-refractivity contribution in [1.82, 2.24) is 5.32 Å². The van der Waals surface area contributed by atoms with Crippen molar-refractivity contribution in [2.24, 2.45) is 5.73 Å². The molecule has 0 aliphatic rings. The number of benzene rings is 2. The van der Waals surface area contributed by atoms with E-state index in [2.05, 4.69) is 5.32 Å². The third-order valence-electron chi connectivity index (χ3n) is 3.60. The van der Waals surface area contributed by atoms with E-state index in [4.69, 9.17) is 5.73 Å². The van der Waals surface area contributed by atoms with Gasteiger partial charge < -0.3 is 11.1 Å². The number of hydrogen-bond acceptors (Lipinski definition) is 2. The van der Waals surface area contributed by atoms with E-state index in [0.717, 1.165) is 11.1 Å². The summed E-state index contributed by atoms with van der Waals surface area (Å²) in [5, 5.41) is 2.75. The van der Waals surface area contributed by atoms with Crippen molar-refractivity contribution < 1.29 is 9.59 Å². The molecule has 0 aliphatic heterocycles. The quantitative estimate of drug-likeness (QED) is 0.857. The van der Waals surface area contributed by atoms with E-state index in [9.17, 15) is 9.59 Å². The first-order valence-corrected chi connectivity index (χ1v) is 7.33. The third-order valence-corrected chi connectivity index (χ3v) is 3.60. The summed E-state index contributed by atoms with van der Waals surface area (Å²) in [5.41, 5.74) is 7.08. The lowest BCUT2D eigenvalue weighted by atomic mass is 9.90. The summed E-state index contributed by atoms with van der Waals surface area (Å²) >= 11 is 0. The smallest absolute Gasteiger partial charge is 0.239 e. The molecule has 3 N–H and O–H groups in total. The van der Waals surface area contributed by atoms with Crippen LogP contribution in [-0.4, -0.2) is 17.9 Å². The number of rotatable bonds is 6. The maximum Gasteiger partial charge on any atom is 0.239 e. The van der Waals surface area contributed by atoms with Crippen molar-refractivity contribution in [2.45, 2.75) is 25.3 Å². The Morgan fingerprint density at radius 2 is 1.41 bits per heavy atom. The van der Waals surface area contributed by atoms with Crippen LogP contribution in [0.2, 0.25) is 0 Å². The van der Waals surface area contributed by atoms with E-state index >= 15 is 0 Å². The molecule has 2 amide bonds. The standard InChI is InChI=1S/C18H20N2O2/c1-2-15(17(19)21)20-18(22)16(13-9-5-3-6-10-13)14-11-7-4-8-12-14/h3-12,15-16H,2H2,1H3,(H2,19,21)(H,20,22)/t15-/m0/s1. The highest BCUT2D eigenvalue weighted by molar-refractivity contribution is 5.91. The summed E-state index contributed by atoms with van der Waals surface area (Å²) in [6, 6.07) is 18.4. The number of amides is 2. The highest BCUT2D eigenvalue weighted by atomic mass is 16.2. The molecule has 4 nitrogen and oxygen atoms in total. The Hall–Kier alpha value is -2.62. The van der Waals surface area contributed by atoms with Gasteiger partial charge in [-0.3, -0.25) is 9.59 Å². The first-order chi connectivity index (χ1) is 10.6. The van der Waals surface area contributed by atoms with Crippen molar-refractivity contribution in [2.75, 3.05) is 0 Å². The number of nitrogens with one attached hydrogen (secondary N) is 1. The number of hydrogen-bond donors (Lipinski definition) is 2. The van der Waals surface area contributed by atoms with Gasteiger partial charge in [0, 0.05) is 0 Å². The molecule has 4 heteroatoms. The van der Waals surface area contributed by atoms with E-state index in [-0.39, 0.29) is 5.91 Å². The van der Waals surface area contributed by atoms with Gasteiger partial charge in [-0.2, -0.15) is 0 Å². The van der Waals surface area contributed by atoms with Crippen LogP contribution in [0.5, 0.6) is 0 Å². The van der Waals surface area contributed by atoms with Crippen LogP contribution in [0.25, 0.3) is 0 Å². The van der Waals surface area contributed by atoms with Crippen LogP contribution in [0, 0.1) is 0 Å². The van der Waals surface area contributed by atoms with Crippen molar-refractivity contribution >= 4 is 11.8 Å². The van der Waals surface area contributed by atoms with E-state index in [1.54, 1.807) is 0 Å². The summed E-state index contributed by atoms with van der Waals surface area (Å²) in [7, 11) is 0. The van der Waals surface area contributed by atoms with Crippen molar-refractivity contribution in [1.29, 1.82) is 0 Å². The molecule has 2 aromatic carbocycles. The molecule has 1 atom stereocenters. The summed E-state index contributed by atoms with van der Waals surface area (Å²) in [6.45, 7) is 1.82. The Balaban J connectivity index is 2.33. The maximum atomic E-state index is 12.7. The zero-order chi connectivity index (χ0) is 15.9. The molecule has 0 unspecified atom stereocenters. The molecule has 0 aromatic heterocycles. The van der Waals surface area contributed by atoms with Crippen molar-refractivity contribution in [3.8, 4) is 0 Å². The zero-order valence-corrected chi connectivity index (χ0v) is 12.5. The van der Waals surface area contributed by atoms with Gasteiger partial charge in [-0.25, -0.2) is 0 Å². The molecule has 2 rings (SSSR count). The lowest BCUT2D eigenvalue weighted by Crippen LogP contribution is -2.45. The van der Waals surface area contributed by atoms with Gasteiger partial charge in [-0.1, -0.05) is 67.6 Å².